The fraction of sp³-hybridized carbons (Fsp3) is 0.316. The van der Waals surface area contributed by atoms with Gasteiger partial charge in [0.1, 0.15) is 5.82 Å². The molecule has 1 N–H and O–H groups in total. The minimum atomic E-state index is -3.65. The highest BCUT2D eigenvalue weighted by molar-refractivity contribution is 7.89. The Kier molecular flexibility index (Phi) is 5.76. The van der Waals surface area contributed by atoms with Crippen LogP contribution in [-0.2, 0) is 10.0 Å². The van der Waals surface area contributed by atoms with E-state index in [2.05, 4.69) is 12.2 Å². The molecule has 0 aromatic heterocycles. The zero-order chi connectivity index (χ0) is 20.5. The molecule has 2 aromatic carbocycles. The minimum Gasteiger partial charge on any atom is -0.319 e. The molecule has 1 aliphatic rings. The topological polar surface area (TPSA) is 66.5 Å². The fourth-order valence-corrected chi connectivity index (χ4v) is 4.44. The molecule has 1 fully saturated rings. The first-order chi connectivity index (χ1) is 13.2. The third-order valence-electron chi connectivity index (χ3n) is 4.76. The largest absolute Gasteiger partial charge is 0.319 e. The van der Waals surface area contributed by atoms with Gasteiger partial charge in [0.15, 0.2) is 11.6 Å². The van der Waals surface area contributed by atoms with Crippen molar-refractivity contribution in [2.75, 3.05) is 18.4 Å². The monoisotopic (exact) mass is 412 g/mol. The quantitative estimate of drug-likeness (QED) is 0.778. The summed E-state index contributed by atoms with van der Waals surface area (Å²) in [4.78, 5) is 12.3. The Balaban J connectivity index is 1.75. The molecule has 0 atom stereocenters. The minimum absolute atomic E-state index is 0.0512. The molecule has 0 aliphatic carbocycles. The van der Waals surface area contributed by atoms with Crippen LogP contribution in [0, 0.1) is 23.4 Å². The molecular weight excluding hydrogens is 393 g/mol. The molecule has 2 aromatic rings. The highest BCUT2D eigenvalue weighted by atomic mass is 32.2. The van der Waals surface area contributed by atoms with Crippen LogP contribution in [0.25, 0.3) is 0 Å². The lowest BCUT2D eigenvalue weighted by Gasteiger charge is -2.29. The maximum absolute atomic E-state index is 13.7. The summed E-state index contributed by atoms with van der Waals surface area (Å²) in [6, 6.07) is 6.03. The van der Waals surface area contributed by atoms with E-state index in [4.69, 9.17) is 0 Å². The van der Waals surface area contributed by atoms with E-state index in [9.17, 15) is 26.4 Å². The van der Waals surface area contributed by atoms with Crippen LogP contribution in [0.5, 0.6) is 0 Å². The van der Waals surface area contributed by atoms with Crippen LogP contribution >= 0.6 is 0 Å². The van der Waals surface area contributed by atoms with E-state index < -0.39 is 39.1 Å². The molecule has 0 radical (unpaired) electrons. The van der Waals surface area contributed by atoms with E-state index in [1.807, 2.05) is 0 Å². The molecule has 9 heteroatoms. The van der Waals surface area contributed by atoms with Crippen molar-refractivity contribution in [1.82, 2.24) is 4.31 Å². The molecule has 0 bridgehead atoms. The number of anilines is 1. The van der Waals surface area contributed by atoms with Gasteiger partial charge < -0.3 is 5.32 Å². The zero-order valence-corrected chi connectivity index (χ0v) is 15.9. The first-order valence-electron chi connectivity index (χ1n) is 8.74. The number of nitrogens with zero attached hydrogens (tertiary/aromatic N) is 1. The van der Waals surface area contributed by atoms with E-state index in [0.29, 0.717) is 31.1 Å². The summed E-state index contributed by atoms with van der Waals surface area (Å²) < 4.78 is 66.6. The molecule has 150 valence electrons. The number of carbonyl (C=O) groups excluding carboxylic acids is 1. The third kappa shape index (κ3) is 4.20. The van der Waals surface area contributed by atoms with E-state index in [0.717, 1.165) is 12.8 Å². The zero-order valence-electron chi connectivity index (χ0n) is 15.1. The predicted octanol–water partition coefficient (Wildman–Crippen LogP) is 3.78. The standard InChI is InChI=1S/C19H19F3N2O3S/c1-12-6-8-24(9-7-12)28(26,27)14-4-2-13(3-5-14)19(25)23-18-11-16(21)15(20)10-17(18)22/h2-5,10-12H,6-9H2,1H3,(H,23,25). The van der Waals surface area contributed by atoms with Crippen molar-refractivity contribution in [2.24, 2.45) is 5.92 Å². The maximum Gasteiger partial charge on any atom is 0.255 e. The Labute approximate surface area is 161 Å². The lowest BCUT2D eigenvalue weighted by molar-refractivity contribution is 0.102. The van der Waals surface area contributed by atoms with Gasteiger partial charge in [-0.25, -0.2) is 21.6 Å². The first kappa shape index (κ1) is 20.3. The number of benzene rings is 2. The van der Waals surface area contributed by atoms with E-state index in [1.165, 1.54) is 28.6 Å². The molecule has 1 amide bonds. The summed E-state index contributed by atoms with van der Waals surface area (Å²) in [5.74, 6) is -4.08. The van der Waals surface area contributed by atoms with E-state index >= 15 is 0 Å². The molecule has 0 spiro atoms. The predicted molar refractivity (Wildman–Crippen MR) is 97.9 cm³/mol. The number of halogens is 3. The second-order valence-corrected chi connectivity index (χ2v) is 8.75. The van der Waals surface area contributed by atoms with Crippen LogP contribution in [0.3, 0.4) is 0 Å². The van der Waals surface area contributed by atoms with Crippen molar-refractivity contribution in [1.29, 1.82) is 0 Å². The SMILES string of the molecule is CC1CCN(S(=O)(=O)c2ccc(C(=O)Nc3cc(F)c(F)cc3F)cc2)CC1. The van der Waals surface area contributed by atoms with Gasteiger partial charge in [0.25, 0.3) is 5.91 Å². The lowest BCUT2D eigenvalue weighted by atomic mass is 10.0. The van der Waals surface area contributed by atoms with Gasteiger partial charge in [-0.1, -0.05) is 6.92 Å². The van der Waals surface area contributed by atoms with Crippen molar-refractivity contribution in [3.05, 3.63) is 59.4 Å². The molecule has 28 heavy (non-hydrogen) atoms. The van der Waals surface area contributed by atoms with Crippen molar-refractivity contribution in [3.8, 4) is 0 Å². The number of carbonyl (C=O) groups is 1. The number of sulfonamides is 1. The van der Waals surface area contributed by atoms with Gasteiger partial charge in [-0.3, -0.25) is 4.79 Å². The van der Waals surface area contributed by atoms with Crippen molar-refractivity contribution in [3.63, 3.8) is 0 Å². The van der Waals surface area contributed by atoms with Gasteiger partial charge in [0, 0.05) is 30.8 Å². The third-order valence-corrected chi connectivity index (χ3v) is 6.67. The van der Waals surface area contributed by atoms with Crippen LogP contribution in [-0.4, -0.2) is 31.7 Å². The van der Waals surface area contributed by atoms with Gasteiger partial charge in [-0.05, 0) is 43.0 Å². The molecule has 3 rings (SSSR count). The van der Waals surface area contributed by atoms with E-state index in [-0.39, 0.29) is 10.5 Å². The highest BCUT2D eigenvalue weighted by Gasteiger charge is 2.28. The van der Waals surface area contributed by atoms with Crippen LogP contribution in [0.15, 0.2) is 41.3 Å². The summed E-state index contributed by atoms with van der Waals surface area (Å²) in [7, 11) is -3.65. The van der Waals surface area contributed by atoms with Gasteiger partial charge in [-0.15, -0.1) is 0 Å². The smallest absolute Gasteiger partial charge is 0.255 e. The lowest BCUT2D eigenvalue weighted by Crippen LogP contribution is -2.37. The molecule has 0 saturated carbocycles. The fourth-order valence-electron chi connectivity index (χ4n) is 2.97. The Morgan fingerprint density at radius 1 is 1.00 bits per heavy atom. The summed E-state index contributed by atoms with van der Waals surface area (Å²) >= 11 is 0. The number of hydrogen-bond donors (Lipinski definition) is 1. The van der Waals surface area contributed by atoms with Gasteiger partial charge >= 0.3 is 0 Å². The summed E-state index contributed by atoms with van der Waals surface area (Å²) in [5.41, 5.74) is -0.460. The highest BCUT2D eigenvalue weighted by Crippen LogP contribution is 2.24. The second kappa shape index (κ2) is 7.92. The Bertz CT molecular complexity index is 986. The van der Waals surface area contributed by atoms with Crippen molar-refractivity contribution in [2.45, 2.75) is 24.7 Å². The van der Waals surface area contributed by atoms with Gasteiger partial charge in [-0.2, -0.15) is 4.31 Å². The summed E-state index contributed by atoms with van der Waals surface area (Å²) in [5, 5.41) is 2.14. The number of hydrogen-bond acceptors (Lipinski definition) is 3. The summed E-state index contributed by atoms with van der Waals surface area (Å²) in [6.07, 6.45) is 1.58. The van der Waals surface area contributed by atoms with Gasteiger partial charge in [0.05, 0.1) is 10.6 Å². The number of nitrogens with one attached hydrogen (secondary N) is 1. The van der Waals surface area contributed by atoms with E-state index in [1.54, 1.807) is 0 Å². The van der Waals surface area contributed by atoms with Crippen LogP contribution in [0.1, 0.15) is 30.1 Å². The Morgan fingerprint density at radius 2 is 1.57 bits per heavy atom. The number of rotatable bonds is 4. The number of piperidine rings is 1. The van der Waals surface area contributed by atoms with Crippen molar-refractivity contribution >= 4 is 21.6 Å². The maximum atomic E-state index is 13.7. The molecular formula is C19H19F3N2O3S. The Morgan fingerprint density at radius 3 is 2.18 bits per heavy atom. The normalized spacial score (nSPS) is 16.1. The average Bonchev–Trinajstić information content (AvgIpc) is 2.66. The molecule has 1 aliphatic heterocycles. The number of amides is 1. The van der Waals surface area contributed by atoms with Crippen LogP contribution in [0.2, 0.25) is 0 Å². The summed E-state index contributed by atoms with van der Waals surface area (Å²) in [6.45, 7) is 2.97. The van der Waals surface area contributed by atoms with Gasteiger partial charge in [0.2, 0.25) is 10.0 Å². The van der Waals surface area contributed by atoms with Crippen LogP contribution in [0.4, 0.5) is 18.9 Å². The average molecular weight is 412 g/mol. The molecule has 1 heterocycles. The molecule has 1 saturated heterocycles. The van der Waals surface area contributed by atoms with Crippen LogP contribution < -0.4 is 5.32 Å². The first-order valence-corrected chi connectivity index (χ1v) is 10.2. The molecule has 5 nitrogen and oxygen atoms in total. The molecule has 0 unspecified atom stereocenters. The Hall–Kier alpha value is -2.39. The van der Waals surface area contributed by atoms with Crippen molar-refractivity contribution < 1.29 is 26.4 Å². The second-order valence-electron chi connectivity index (χ2n) is 6.81.